The molecule has 0 amide bonds. The van der Waals surface area contributed by atoms with Gasteiger partial charge >= 0.3 is 5.97 Å². The molecule has 0 heterocycles. The van der Waals surface area contributed by atoms with E-state index >= 15 is 0 Å². The molecule has 0 aliphatic carbocycles. The number of carboxylic acid groups (broad SMARTS) is 1. The average Bonchev–Trinajstić information content (AvgIpc) is 2.13. The monoisotopic (exact) mass is 195 g/mol. The zero-order valence-electron chi connectivity index (χ0n) is 8.11. The third-order valence-corrected chi connectivity index (χ3v) is 2.28. The number of phenols is 1. The lowest BCUT2D eigenvalue weighted by Crippen LogP contribution is -2.21. The molecule has 0 spiro atoms. The molecule has 76 valence electrons. The third kappa shape index (κ3) is 1.70. The molecule has 1 aromatic rings. The highest BCUT2D eigenvalue weighted by molar-refractivity contribution is 5.76. The highest BCUT2D eigenvalue weighted by atomic mass is 16.4. The normalized spacial score (nSPS) is 12.5. The summed E-state index contributed by atoms with van der Waals surface area (Å²) in [7, 11) is 0. The number of hydrogen-bond donors (Lipinski definition) is 3. The fraction of sp³-hybridized carbons (Fsp3) is 0.300. The molecule has 0 aliphatic rings. The van der Waals surface area contributed by atoms with Crippen LogP contribution in [0.5, 0.6) is 5.75 Å². The Morgan fingerprint density at radius 2 is 2.00 bits per heavy atom. The lowest BCUT2D eigenvalue weighted by molar-refractivity contribution is -0.138. The van der Waals surface area contributed by atoms with Crippen molar-refractivity contribution in [2.75, 3.05) is 0 Å². The highest BCUT2D eigenvalue weighted by Gasteiger charge is 2.18. The van der Waals surface area contributed by atoms with E-state index in [4.69, 9.17) is 10.8 Å². The van der Waals surface area contributed by atoms with Crippen LogP contribution in [0.25, 0.3) is 0 Å². The Morgan fingerprint density at radius 1 is 1.43 bits per heavy atom. The van der Waals surface area contributed by atoms with Crippen LogP contribution in [-0.4, -0.2) is 16.2 Å². The number of aromatic hydroxyl groups is 1. The van der Waals surface area contributed by atoms with E-state index in [9.17, 15) is 9.90 Å². The molecule has 4 heteroatoms. The van der Waals surface area contributed by atoms with Crippen molar-refractivity contribution in [3.8, 4) is 5.75 Å². The standard InChI is InChI=1S/C10H13NO3/c1-5-3-4-7(6(2)9(5)12)8(11)10(13)14/h3-4,8,12H,11H2,1-2H3,(H,13,14). The number of aliphatic carboxylic acids is 1. The second kappa shape index (κ2) is 3.67. The molecule has 0 saturated heterocycles. The van der Waals surface area contributed by atoms with E-state index in [0.29, 0.717) is 16.7 Å². The molecule has 1 aromatic carbocycles. The Kier molecular flexibility index (Phi) is 2.76. The molecule has 4 N–H and O–H groups in total. The number of carbonyl (C=O) groups is 1. The van der Waals surface area contributed by atoms with E-state index in [1.54, 1.807) is 26.0 Å². The van der Waals surface area contributed by atoms with Crippen LogP contribution in [-0.2, 0) is 4.79 Å². The van der Waals surface area contributed by atoms with Crippen molar-refractivity contribution in [1.82, 2.24) is 0 Å². The Labute approximate surface area is 82.0 Å². The molecule has 1 unspecified atom stereocenters. The predicted octanol–water partition coefficient (Wildman–Crippen LogP) is 1.09. The molecular weight excluding hydrogens is 182 g/mol. The van der Waals surface area contributed by atoms with E-state index in [2.05, 4.69) is 0 Å². The van der Waals surface area contributed by atoms with Gasteiger partial charge in [0.2, 0.25) is 0 Å². The molecule has 14 heavy (non-hydrogen) atoms. The summed E-state index contributed by atoms with van der Waals surface area (Å²) in [5.74, 6) is -0.990. The van der Waals surface area contributed by atoms with Crippen molar-refractivity contribution in [1.29, 1.82) is 0 Å². The van der Waals surface area contributed by atoms with E-state index in [1.165, 1.54) is 0 Å². The summed E-state index contributed by atoms with van der Waals surface area (Å²) in [6.07, 6.45) is 0. The molecule has 0 aromatic heterocycles. The van der Waals surface area contributed by atoms with E-state index in [-0.39, 0.29) is 5.75 Å². The van der Waals surface area contributed by atoms with Gasteiger partial charge in [0, 0.05) is 0 Å². The number of benzene rings is 1. The first kappa shape index (κ1) is 10.5. The molecule has 1 rings (SSSR count). The first-order chi connectivity index (χ1) is 6.45. The topological polar surface area (TPSA) is 83.6 Å². The quantitative estimate of drug-likeness (QED) is 0.659. The lowest BCUT2D eigenvalue weighted by atomic mass is 9.99. The van der Waals surface area contributed by atoms with Crippen LogP contribution in [0, 0.1) is 13.8 Å². The lowest BCUT2D eigenvalue weighted by Gasteiger charge is -2.12. The molecule has 1 atom stereocenters. The minimum Gasteiger partial charge on any atom is -0.507 e. The Morgan fingerprint density at radius 3 is 2.50 bits per heavy atom. The van der Waals surface area contributed by atoms with Crippen molar-refractivity contribution >= 4 is 5.97 Å². The maximum absolute atomic E-state index is 10.6. The zero-order chi connectivity index (χ0) is 10.9. The molecule has 0 fully saturated rings. The molecule has 0 bridgehead atoms. The SMILES string of the molecule is Cc1ccc(C(N)C(=O)O)c(C)c1O. The van der Waals surface area contributed by atoms with E-state index in [0.717, 1.165) is 0 Å². The smallest absolute Gasteiger partial charge is 0.325 e. The number of nitrogens with two attached hydrogens (primary N) is 1. The molecule has 4 nitrogen and oxygen atoms in total. The molecule has 0 aliphatic heterocycles. The van der Waals surface area contributed by atoms with Crippen LogP contribution in [0.2, 0.25) is 0 Å². The number of hydrogen-bond acceptors (Lipinski definition) is 3. The second-order valence-corrected chi connectivity index (χ2v) is 3.26. The van der Waals surface area contributed by atoms with Gasteiger partial charge in [-0.15, -0.1) is 0 Å². The molecule has 0 radical (unpaired) electrons. The maximum Gasteiger partial charge on any atom is 0.325 e. The van der Waals surface area contributed by atoms with Crippen LogP contribution >= 0.6 is 0 Å². The summed E-state index contributed by atoms with van der Waals surface area (Å²) in [6.45, 7) is 3.40. The van der Waals surface area contributed by atoms with Gasteiger partial charge in [-0.05, 0) is 30.5 Å². The second-order valence-electron chi connectivity index (χ2n) is 3.26. The Hall–Kier alpha value is -1.55. The Bertz CT molecular complexity index is 374. The van der Waals surface area contributed by atoms with Gasteiger partial charge in [0.15, 0.2) is 0 Å². The maximum atomic E-state index is 10.6. The van der Waals surface area contributed by atoms with Crippen molar-refractivity contribution in [2.45, 2.75) is 19.9 Å². The number of carboxylic acids is 1. The largest absolute Gasteiger partial charge is 0.507 e. The fourth-order valence-corrected chi connectivity index (χ4v) is 1.32. The van der Waals surface area contributed by atoms with Gasteiger partial charge in [-0.3, -0.25) is 4.79 Å². The first-order valence-electron chi connectivity index (χ1n) is 4.22. The zero-order valence-corrected chi connectivity index (χ0v) is 8.11. The average molecular weight is 195 g/mol. The molecular formula is C10H13NO3. The highest BCUT2D eigenvalue weighted by Crippen LogP contribution is 2.27. The fourth-order valence-electron chi connectivity index (χ4n) is 1.32. The van der Waals surface area contributed by atoms with Crippen molar-refractivity contribution in [3.05, 3.63) is 28.8 Å². The van der Waals surface area contributed by atoms with Crippen LogP contribution < -0.4 is 5.73 Å². The van der Waals surface area contributed by atoms with Crippen LogP contribution in [0.4, 0.5) is 0 Å². The van der Waals surface area contributed by atoms with Gasteiger partial charge in [-0.2, -0.15) is 0 Å². The van der Waals surface area contributed by atoms with E-state index in [1.807, 2.05) is 0 Å². The van der Waals surface area contributed by atoms with Gasteiger partial charge in [0.05, 0.1) is 0 Å². The minimum atomic E-state index is -1.10. The predicted molar refractivity (Wildman–Crippen MR) is 52.1 cm³/mol. The third-order valence-electron chi connectivity index (χ3n) is 2.28. The van der Waals surface area contributed by atoms with Gasteiger partial charge in [0.1, 0.15) is 11.8 Å². The van der Waals surface area contributed by atoms with Crippen LogP contribution in [0.1, 0.15) is 22.7 Å². The van der Waals surface area contributed by atoms with Gasteiger partial charge in [-0.25, -0.2) is 0 Å². The Balaban J connectivity index is 3.24. The number of aryl methyl sites for hydroxylation is 1. The summed E-state index contributed by atoms with van der Waals surface area (Å²) in [4.78, 5) is 10.6. The van der Waals surface area contributed by atoms with Crippen LogP contribution in [0.15, 0.2) is 12.1 Å². The van der Waals surface area contributed by atoms with Crippen molar-refractivity contribution < 1.29 is 15.0 Å². The van der Waals surface area contributed by atoms with Gasteiger partial charge < -0.3 is 15.9 Å². The number of phenolic OH excluding ortho intramolecular Hbond substituents is 1. The summed E-state index contributed by atoms with van der Waals surface area (Å²) < 4.78 is 0. The summed E-state index contributed by atoms with van der Waals surface area (Å²) >= 11 is 0. The molecule has 0 saturated carbocycles. The summed E-state index contributed by atoms with van der Waals surface area (Å²) in [6, 6.07) is 2.20. The van der Waals surface area contributed by atoms with Crippen molar-refractivity contribution in [2.24, 2.45) is 5.73 Å². The van der Waals surface area contributed by atoms with E-state index < -0.39 is 12.0 Å². The van der Waals surface area contributed by atoms with Gasteiger partial charge in [0.25, 0.3) is 0 Å². The number of rotatable bonds is 2. The summed E-state index contributed by atoms with van der Waals surface area (Å²) in [5, 5.41) is 18.3. The summed E-state index contributed by atoms with van der Waals surface area (Å²) in [5.41, 5.74) is 7.13. The minimum absolute atomic E-state index is 0.110. The first-order valence-corrected chi connectivity index (χ1v) is 4.22. The van der Waals surface area contributed by atoms with Crippen LogP contribution in [0.3, 0.4) is 0 Å². The van der Waals surface area contributed by atoms with Crippen molar-refractivity contribution in [3.63, 3.8) is 0 Å². The van der Waals surface area contributed by atoms with Gasteiger partial charge in [-0.1, -0.05) is 12.1 Å².